The van der Waals surface area contributed by atoms with Crippen molar-refractivity contribution in [2.75, 3.05) is 20.1 Å². The third-order valence-corrected chi connectivity index (χ3v) is 7.37. The highest BCUT2D eigenvalue weighted by Gasteiger charge is 2.35. The number of likely N-dealkylation sites (tertiary alicyclic amines) is 1. The van der Waals surface area contributed by atoms with E-state index in [1.807, 2.05) is 24.8 Å². The first-order valence-electron chi connectivity index (χ1n) is 11.1. The van der Waals surface area contributed by atoms with E-state index in [1.54, 1.807) is 0 Å². The van der Waals surface area contributed by atoms with Gasteiger partial charge in [-0.3, -0.25) is 4.98 Å². The number of benzene rings is 1. The Morgan fingerprint density at radius 1 is 1.13 bits per heavy atom. The minimum atomic E-state index is 0.189. The molecule has 31 heavy (non-hydrogen) atoms. The molecule has 1 aliphatic heterocycles. The van der Waals surface area contributed by atoms with Crippen LogP contribution in [0.3, 0.4) is 0 Å². The Morgan fingerprint density at radius 3 is 2.68 bits per heavy atom. The van der Waals surface area contributed by atoms with E-state index in [-0.39, 0.29) is 11.8 Å². The fourth-order valence-electron chi connectivity index (χ4n) is 5.40. The minimum Gasteiger partial charge on any atom is -0.337 e. The van der Waals surface area contributed by atoms with Gasteiger partial charge in [0, 0.05) is 42.0 Å². The topological polar surface area (TPSA) is 34.0 Å². The molecule has 4 nitrogen and oxygen atoms in total. The van der Waals surface area contributed by atoms with Gasteiger partial charge in [-0.15, -0.1) is 0 Å². The van der Waals surface area contributed by atoms with Gasteiger partial charge in [-0.2, -0.15) is 0 Å². The molecule has 160 valence electrons. The first-order valence-corrected chi connectivity index (χ1v) is 11.5. The van der Waals surface area contributed by atoms with Crippen LogP contribution in [0, 0.1) is 5.92 Å². The standard InChI is InChI=1S/C26H29ClN4/c1-17(24-15-28-16-31(24)3)22-13-19-5-4-10-29-26(19)25(18-8-11-30(2)12-9-18)21-7-6-20(27)14-23(21)22/h4-7,10,13-18,25H,8-9,11-12H2,1-3H3/t17?,25-/m0/s1. The van der Waals surface area contributed by atoms with Gasteiger partial charge in [-0.1, -0.05) is 30.7 Å². The van der Waals surface area contributed by atoms with Gasteiger partial charge < -0.3 is 9.47 Å². The Hall–Kier alpha value is -2.43. The van der Waals surface area contributed by atoms with Gasteiger partial charge in [0.1, 0.15) is 0 Å². The number of hydrogen-bond donors (Lipinski definition) is 0. The van der Waals surface area contributed by atoms with E-state index in [1.165, 1.54) is 46.5 Å². The summed E-state index contributed by atoms with van der Waals surface area (Å²) in [4.78, 5) is 11.7. The number of imidazole rings is 1. The van der Waals surface area contributed by atoms with E-state index in [9.17, 15) is 0 Å². The van der Waals surface area contributed by atoms with E-state index >= 15 is 0 Å². The molecule has 1 aromatic carbocycles. The fraction of sp³-hybridized carbons (Fsp3) is 0.385. The van der Waals surface area contributed by atoms with Gasteiger partial charge in [-0.05, 0) is 85.4 Å². The van der Waals surface area contributed by atoms with Gasteiger partial charge in [0.2, 0.25) is 0 Å². The van der Waals surface area contributed by atoms with E-state index < -0.39 is 0 Å². The number of nitrogens with zero attached hydrogens (tertiary/aromatic N) is 4. The number of allylic oxidation sites excluding steroid dienone is 1. The summed E-state index contributed by atoms with van der Waals surface area (Å²) in [7, 11) is 4.28. The molecule has 2 atom stereocenters. The van der Waals surface area contributed by atoms with Crippen molar-refractivity contribution in [1.29, 1.82) is 0 Å². The molecule has 1 saturated heterocycles. The molecule has 0 saturated carbocycles. The summed E-state index contributed by atoms with van der Waals surface area (Å²) >= 11 is 6.55. The summed E-state index contributed by atoms with van der Waals surface area (Å²) in [5, 5.41) is 0.780. The molecule has 0 bridgehead atoms. The smallest absolute Gasteiger partial charge is 0.0945 e. The maximum atomic E-state index is 6.55. The summed E-state index contributed by atoms with van der Waals surface area (Å²) in [5.41, 5.74) is 7.52. The average molecular weight is 433 g/mol. The molecule has 5 heteroatoms. The van der Waals surface area contributed by atoms with E-state index in [2.05, 4.69) is 65.8 Å². The highest BCUT2D eigenvalue weighted by molar-refractivity contribution is 6.30. The molecule has 5 rings (SSSR count). The molecule has 2 aliphatic rings. The van der Waals surface area contributed by atoms with Crippen molar-refractivity contribution >= 4 is 23.3 Å². The normalized spacial score (nSPS) is 20.5. The molecule has 3 heterocycles. The number of aromatic nitrogens is 3. The van der Waals surface area contributed by atoms with Crippen LogP contribution in [0.4, 0.5) is 0 Å². The van der Waals surface area contributed by atoms with E-state index in [0.717, 1.165) is 18.1 Å². The zero-order chi connectivity index (χ0) is 21.5. The molecule has 2 aromatic heterocycles. The molecule has 0 radical (unpaired) electrons. The highest BCUT2D eigenvalue weighted by atomic mass is 35.5. The zero-order valence-corrected chi connectivity index (χ0v) is 19.2. The van der Waals surface area contributed by atoms with Crippen LogP contribution in [0.25, 0.3) is 11.6 Å². The summed E-state index contributed by atoms with van der Waals surface area (Å²) in [5.74, 6) is 1.04. The fourth-order valence-corrected chi connectivity index (χ4v) is 5.57. The maximum Gasteiger partial charge on any atom is 0.0945 e. The summed E-state index contributed by atoms with van der Waals surface area (Å²) in [6, 6.07) is 10.7. The van der Waals surface area contributed by atoms with Crippen molar-refractivity contribution < 1.29 is 0 Å². The lowest BCUT2D eigenvalue weighted by Gasteiger charge is -2.35. The van der Waals surface area contributed by atoms with Crippen molar-refractivity contribution in [3.63, 3.8) is 0 Å². The molecule has 1 fully saturated rings. The largest absolute Gasteiger partial charge is 0.337 e. The Kier molecular flexibility index (Phi) is 5.45. The van der Waals surface area contributed by atoms with Gasteiger partial charge in [0.15, 0.2) is 0 Å². The summed E-state index contributed by atoms with van der Waals surface area (Å²) in [6.07, 6.45) is 10.5. The Morgan fingerprint density at radius 2 is 1.94 bits per heavy atom. The molecular formula is C26H29ClN4. The van der Waals surface area contributed by atoms with Crippen LogP contribution in [0.1, 0.15) is 59.7 Å². The third-order valence-electron chi connectivity index (χ3n) is 7.14. The second-order valence-corrected chi connectivity index (χ2v) is 9.52. The number of rotatable bonds is 3. The van der Waals surface area contributed by atoms with Crippen LogP contribution in [0.2, 0.25) is 5.02 Å². The number of fused-ring (bicyclic) bond motifs is 2. The average Bonchev–Trinajstić information content (AvgIpc) is 3.14. The minimum absolute atomic E-state index is 0.189. The number of piperidine rings is 1. The van der Waals surface area contributed by atoms with Crippen LogP contribution in [-0.2, 0) is 7.05 Å². The van der Waals surface area contributed by atoms with Gasteiger partial charge >= 0.3 is 0 Å². The monoisotopic (exact) mass is 432 g/mol. The SMILES string of the molecule is CC(C1=Cc2cccnc2[C@@H](C2CCN(C)CC2)c2ccc(Cl)cc21)c1cncn1C. The quantitative estimate of drug-likeness (QED) is 0.540. The van der Waals surface area contributed by atoms with Crippen LogP contribution < -0.4 is 0 Å². The number of hydrogen-bond acceptors (Lipinski definition) is 3. The summed E-state index contributed by atoms with van der Waals surface area (Å²) in [6.45, 7) is 4.54. The lowest BCUT2D eigenvalue weighted by atomic mass is 9.75. The van der Waals surface area contributed by atoms with Crippen LogP contribution in [0.5, 0.6) is 0 Å². The molecule has 1 unspecified atom stereocenters. The third kappa shape index (κ3) is 3.72. The van der Waals surface area contributed by atoms with Crippen molar-refractivity contribution in [3.05, 3.63) is 82.2 Å². The molecule has 1 aliphatic carbocycles. The molecular weight excluding hydrogens is 404 g/mol. The van der Waals surface area contributed by atoms with Crippen molar-refractivity contribution in [3.8, 4) is 0 Å². The van der Waals surface area contributed by atoms with Gasteiger partial charge in [0.05, 0.1) is 12.0 Å². The number of aryl methyl sites for hydroxylation is 1. The van der Waals surface area contributed by atoms with Crippen molar-refractivity contribution in [1.82, 2.24) is 19.4 Å². The molecule has 0 amide bonds. The Bertz CT molecular complexity index is 1120. The van der Waals surface area contributed by atoms with Gasteiger partial charge in [0.25, 0.3) is 0 Å². The second-order valence-electron chi connectivity index (χ2n) is 9.08. The molecule has 0 N–H and O–H groups in total. The zero-order valence-electron chi connectivity index (χ0n) is 18.4. The lowest BCUT2D eigenvalue weighted by Crippen LogP contribution is -2.33. The van der Waals surface area contributed by atoms with E-state index in [4.69, 9.17) is 16.6 Å². The highest BCUT2D eigenvalue weighted by Crippen LogP contribution is 2.47. The van der Waals surface area contributed by atoms with Crippen LogP contribution >= 0.6 is 11.6 Å². The second kappa shape index (κ2) is 8.25. The summed E-state index contributed by atoms with van der Waals surface area (Å²) < 4.78 is 2.11. The predicted molar refractivity (Wildman–Crippen MR) is 127 cm³/mol. The van der Waals surface area contributed by atoms with Crippen molar-refractivity contribution in [2.45, 2.75) is 31.6 Å². The first kappa shape index (κ1) is 20.5. The Labute approximate surface area is 189 Å². The first-order chi connectivity index (χ1) is 15.0. The van der Waals surface area contributed by atoms with E-state index in [0.29, 0.717) is 5.92 Å². The lowest BCUT2D eigenvalue weighted by molar-refractivity contribution is 0.206. The molecule has 3 aromatic rings. The maximum absolute atomic E-state index is 6.55. The Balaban J connectivity index is 1.71. The van der Waals surface area contributed by atoms with Gasteiger partial charge in [-0.25, -0.2) is 4.98 Å². The van der Waals surface area contributed by atoms with Crippen LogP contribution in [-0.4, -0.2) is 39.6 Å². The van der Waals surface area contributed by atoms with Crippen molar-refractivity contribution in [2.24, 2.45) is 13.0 Å². The van der Waals surface area contributed by atoms with Crippen LogP contribution in [0.15, 0.2) is 49.1 Å². The predicted octanol–water partition coefficient (Wildman–Crippen LogP) is 5.60. The number of pyridine rings is 1. The molecule has 0 spiro atoms. The number of halogens is 1.